The number of nitrogens with one attached hydrogen (secondary N) is 1. The van der Waals surface area contributed by atoms with Gasteiger partial charge in [-0.1, -0.05) is 38.2 Å². The third-order valence-electron chi connectivity index (χ3n) is 4.42. The summed E-state index contributed by atoms with van der Waals surface area (Å²) in [7, 11) is 0. The standard InChI is InChI=1S/C19H25NOS/c1-2-5-16(6-3-1)12-13-21-18-10-8-17(9-11-18)20-15-19-7-4-14-22-19/h4,7-11,14,16,20H,1-3,5-6,12-13,15H2. The van der Waals surface area contributed by atoms with Crippen LogP contribution in [0.3, 0.4) is 0 Å². The summed E-state index contributed by atoms with van der Waals surface area (Å²) in [5.41, 5.74) is 1.15. The summed E-state index contributed by atoms with van der Waals surface area (Å²) < 4.78 is 5.89. The van der Waals surface area contributed by atoms with Gasteiger partial charge in [-0.2, -0.15) is 0 Å². The molecule has 0 amide bonds. The normalized spacial score (nSPS) is 15.6. The maximum absolute atomic E-state index is 5.89. The Labute approximate surface area is 137 Å². The lowest BCUT2D eigenvalue weighted by Crippen LogP contribution is -2.10. The largest absolute Gasteiger partial charge is 0.494 e. The highest BCUT2D eigenvalue weighted by Crippen LogP contribution is 2.26. The third-order valence-corrected chi connectivity index (χ3v) is 5.30. The van der Waals surface area contributed by atoms with Gasteiger partial charge in [0.05, 0.1) is 6.61 Å². The van der Waals surface area contributed by atoms with E-state index in [0.717, 1.165) is 30.5 Å². The van der Waals surface area contributed by atoms with Gasteiger partial charge >= 0.3 is 0 Å². The minimum Gasteiger partial charge on any atom is -0.494 e. The molecule has 2 aromatic rings. The van der Waals surface area contributed by atoms with E-state index in [4.69, 9.17) is 4.74 Å². The van der Waals surface area contributed by atoms with Gasteiger partial charge in [-0.25, -0.2) is 0 Å². The lowest BCUT2D eigenvalue weighted by Gasteiger charge is -2.21. The van der Waals surface area contributed by atoms with Crippen molar-refractivity contribution in [2.24, 2.45) is 5.92 Å². The van der Waals surface area contributed by atoms with Gasteiger partial charge in [0.1, 0.15) is 5.75 Å². The van der Waals surface area contributed by atoms with Crippen LogP contribution >= 0.6 is 11.3 Å². The fourth-order valence-corrected chi connectivity index (χ4v) is 3.74. The van der Waals surface area contributed by atoms with Crippen molar-refractivity contribution in [3.8, 4) is 5.75 Å². The van der Waals surface area contributed by atoms with Crippen LogP contribution in [0.1, 0.15) is 43.4 Å². The van der Waals surface area contributed by atoms with E-state index in [1.165, 1.54) is 43.4 Å². The minimum absolute atomic E-state index is 0.854. The van der Waals surface area contributed by atoms with E-state index in [0.29, 0.717) is 0 Å². The van der Waals surface area contributed by atoms with E-state index in [9.17, 15) is 0 Å². The summed E-state index contributed by atoms with van der Waals surface area (Å²) in [5, 5.41) is 5.55. The van der Waals surface area contributed by atoms with Crippen LogP contribution in [-0.2, 0) is 6.54 Å². The molecule has 0 spiro atoms. The molecule has 0 bridgehead atoms. The molecule has 1 saturated carbocycles. The van der Waals surface area contributed by atoms with Gasteiger partial charge in [-0.15, -0.1) is 11.3 Å². The van der Waals surface area contributed by atoms with E-state index in [1.54, 1.807) is 11.3 Å². The summed E-state index contributed by atoms with van der Waals surface area (Å²) >= 11 is 1.78. The maximum atomic E-state index is 5.89. The molecule has 1 heterocycles. The molecule has 1 aromatic carbocycles. The van der Waals surface area contributed by atoms with Crippen LogP contribution in [0.5, 0.6) is 5.75 Å². The molecular formula is C19H25NOS. The Bertz CT molecular complexity index is 529. The molecule has 0 atom stereocenters. The zero-order valence-corrected chi connectivity index (χ0v) is 13.9. The minimum atomic E-state index is 0.854. The second-order valence-corrected chi connectivity index (χ2v) is 7.13. The first-order chi connectivity index (χ1) is 10.9. The topological polar surface area (TPSA) is 21.3 Å². The smallest absolute Gasteiger partial charge is 0.119 e. The number of thiophene rings is 1. The van der Waals surface area contributed by atoms with Crippen LogP contribution in [0, 0.1) is 5.92 Å². The quantitative estimate of drug-likeness (QED) is 0.706. The Kier molecular flexibility index (Phi) is 5.77. The molecule has 1 fully saturated rings. The number of rotatable bonds is 7. The Balaban J connectivity index is 1.39. The van der Waals surface area contributed by atoms with Gasteiger partial charge in [0.15, 0.2) is 0 Å². The lowest BCUT2D eigenvalue weighted by atomic mass is 9.87. The highest BCUT2D eigenvalue weighted by molar-refractivity contribution is 7.09. The molecule has 1 aliphatic rings. The molecule has 2 nitrogen and oxygen atoms in total. The van der Waals surface area contributed by atoms with Crippen LogP contribution in [0.4, 0.5) is 5.69 Å². The summed E-state index contributed by atoms with van der Waals surface area (Å²) in [6.07, 6.45) is 8.25. The maximum Gasteiger partial charge on any atom is 0.119 e. The number of ether oxygens (including phenoxy) is 1. The fourth-order valence-electron chi connectivity index (χ4n) is 3.09. The Morgan fingerprint density at radius 2 is 1.86 bits per heavy atom. The van der Waals surface area contributed by atoms with Gasteiger partial charge in [-0.3, -0.25) is 0 Å². The predicted molar refractivity (Wildman–Crippen MR) is 94.8 cm³/mol. The first-order valence-corrected chi connectivity index (χ1v) is 9.27. The zero-order valence-electron chi connectivity index (χ0n) is 13.1. The van der Waals surface area contributed by atoms with Crippen molar-refractivity contribution in [1.82, 2.24) is 0 Å². The van der Waals surface area contributed by atoms with Gasteiger partial charge in [0.2, 0.25) is 0 Å². The molecule has 1 N–H and O–H groups in total. The van der Waals surface area contributed by atoms with Crippen LogP contribution < -0.4 is 10.1 Å². The molecule has 3 rings (SSSR count). The molecule has 0 saturated heterocycles. The number of hydrogen-bond donors (Lipinski definition) is 1. The summed E-state index contributed by atoms with van der Waals surface area (Å²) in [6.45, 7) is 1.74. The van der Waals surface area contributed by atoms with Crippen molar-refractivity contribution in [1.29, 1.82) is 0 Å². The van der Waals surface area contributed by atoms with Crippen LogP contribution in [0.25, 0.3) is 0 Å². The van der Waals surface area contributed by atoms with Crippen molar-refractivity contribution in [2.75, 3.05) is 11.9 Å². The molecule has 118 valence electrons. The van der Waals surface area contributed by atoms with E-state index < -0.39 is 0 Å². The first-order valence-electron chi connectivity index (χ1n) is 8.39. The monoisotopic (exact) mass is 315 g/mol. The predicted octanol–water partition coefficient (Wildman–Crippen LogP) is 5.71. The second kappa shape index (κ2) is 8.23. The molecule has 22 heavy (non-hydrogen) atoms. The van der Waals surface area contributed by atoms with E-state index >= 15 is 0 Å². The molecule has 3 heteroatoms. The molecular weight excluding hydrogens is 290 g/mol. The number of benzene rings is 1. The highest BCUT2D eigenvalue weighted by Gasteiger charge is 2.12. The average Bonchev–Trinajstić information content (AvgIpc) is 3.09. The third kappa shape index (κ3) is 4.77. The Morgan fingerprint density at radius 1 is 1.05 bits per heavy atom. The van der Waals surface area contributed by atoms with Crippen molar-refractivity contribution < 1.29 is 4.74 Å². The van der Waals surface area contributed by atoms with Gasteiger partial charge < -0.3 is 10.1 Å². The average molecular weight is 315 g/mol. The van der Waals surface area contributed by atoms with Crippen LogP contribution in [0.2, 0.25) is 0 Å². The summed E-state index contributed by atoms with van der Waals surface area (Å²) in [5.74, 6) is 1.87. The molecule has 1 aromatic heterocycles. The van der Waals surface area contributed by atoms with Gasteiger partial charge in [0, 0.05) is 17.1 Å². The number of anilines is 1. The van der Waals surface area contributed by atoms with E-state index in [-0.39, 0.29) is 0 Å². The Hall–Kier alpha value is -1.48. The fraction of sp³-hybridized carbons (Fsp3) is 0.474. The number of hydrogen-bond acceptors (Lipinski definition) is 3. The summed E-state index contributed by atoms with van der Waals surface area (Å²) in [4.78, 5) is 1.35. The SMILES string of the molecule is c1csc(CNc2ccc(OCCC3CCCCC3)cc2)c1. The van der Waals surface area contributed by atoms with E-state index in [1.807, 2.05) is 0 Å². The van der Waals surface area contributed by atoms with Crippen LogP contribution in [-0.4, -0.2) is 6.61 Å². The molecule has 0 unspecified atom stereocenters. The first kappa shape index (κ1) is 15.4. The Morgan fingerprint density at radius 3 is 2.59 bits per heavy atom. The molecule has 1 aliphatic carbocycles. The van der Waals surface area contributed by atoms with Crippen molar-refractivity contribution >= 4 is 17.0 Å². The zero-order chi connectivity index (χ0) is 15.0. The van der Waals surface area contributed by atoms with E-state index in [2.05, 4.69) is 47.1 Å². The van der Waals surface area contributed by atoms with Crippen molar-refractivity contribution in [3.05, 3.63) is 46.7 Å². The van der Waals surface area contributed by atoms with Gasteiger partial charge in [-0.05, 0) is 48.1 Å². The van der Waals surface area contributed by atoms with Crippen LogP contribution in [0.15, 0.2) is 41.8 Å². The molecule has 0 aliphatic heterocycles. The highest BCUT2D eigenvalue weighted by atomic mass is 32.1. The lowest BCUT2D eigenvalue weighted by molar-refractivity contribution is 0.246. The second-order valence-electron chi connectivity index (χ2n) is 6.10. The van der Waals surface area contributed by atoms with Gasteiger partial charge in [0.25, 0.3) is 0 Å². The summed E-state index contributed by atoms with van der Waals surface area (Å²) in [6, 6.07) is 12.6. The molecule has 0 radical (unpaired) electrons. The van der Waals surface area contributed by atoms with Crippen molar-refractivity contribution in [3.63, 3.8) is 0 Å². The van der Waals surface area contributed by atoms with Crippen molar-refractivity contribution in [2.45, 2.75) is 45.1 Å².